The highest BCUT2D eigenvalue weighted by Crippen LogP contribution is 2.31. The summed E-state index contributed by atoms with van der Waals surface area (Å²) in [6.45, 7) is 0. The Labute approximate surface area is 114 Å². The second kappa shape index (κ2) is 4.24. The van der Waals surface area contributed by atoms with Crippen molar-refractivity contribution < 1.29 is 4.39 Å². The van der Waals surface area contributed by atoms with Gasteiger partial charge in [0.15, 0.2) is 0 Å². The van der Waals surface area contributed by atoms with Gasteiger partial charge < -0.3 is 10.3 Å². The predicted molar refractivity (Wildman–Crippen MR) is 75.5 cm³/mol. The monoisotopic (exact) mass is 275 g/mol. The van der Waals surface area contributed by atoms with Gasteiger partial charge in [0.05, 0.1) is 16.1 Å². The van der Waals surface area contributed by atoms with Crippen LogP contribution >= 0.6 is 11.6 Å². The first-order valence-electron chi connectivity index (χ1n) is 5.74. The first-order valence-corrected chi connectivity index (χ1v) is 6.12. The molecule has 0 aliphatic heterocycles. The molecular weight excluding hydrogens is 265 g/mol. The normalized spacial score (nSPS) is 11.1. The molecule has 0 bridgehead atoms. The molecule has 2 aromatic carbocycles. The first kappa shape index (κ1) is 12.0. The molecule has 1 aromatic heterocycles. The van der Waals surface area contributed by atoms with Crippen molar-refractivity contribution in [1.82, 2.24) is 9.55 Å². The molecule has 2 N–H and O–H groups in total. The number of rotatable bonds is 1. The molecule has 3 nitrogen and oxygen atoms in total. The Morgan fingerprint density at radius 3 is 2.79 bits per heavy atom. The molecule has 0 saturated carbocycles. The maximum absolute atomic E-state index is 13.4. The summed E-state index contributed by atoms with van der Waals surface area (Å²) in [5, 5.41) is 0.605. The van der Waals surface area contributed by atoms with E-state index in [1.165, 1.54) is 18.2 Å². The van der Waals surface area contributed by atoms with Crippen molar-refractivity contribution in [3.05, 3.63) is 47.2 Å². The van der Waals surface area contributed by atoms with E-state index in [-0.39, 0.29) is 5.82 Å². The number of para-hydroxylation sites is 1. The van der Waals surface area contributed by atoms with Crippen molar-refractivity contribution in [3.8, 4) is 11.4 Å². The second-order valence-corrected chi connectivity index (χ2v) is 4.74. The topological polar surface area (TPSA) is 43.8 Å². The molecule has 0 atom stereocenters. The molecule has 1 heterocycles. The van der Waals surface area contributed by atoms with Gasteiger partial charge in [0.25, 0.3) is 0 Å². The van der Waals surface area contributed by atoms with Crippen LogP contribution in [0.5, 0.6) is 0 Å². The summed E-state index contributed by atoms with van der Waals surface area (Å²) in [6.07, 6.45) is 0. The Kier molecular flexibility index (Phi) is 2.68. The zero-order chi connectivity index (χ0) is 13.6. The van der Waals surface area contributed by atoms with Crippen LogP contribution in [0.1, 0.15) is 0 Å². The van der Waals surface area contributed by atoms with E-state index in [2.05, 4.69) is 4.98 Å². The van der Waals surface area contributed by atoms with E-state index in [4.69, 9.17) is 17.3 Å². The van der Waals surface area contributed by atoms with Crippen LogP contribution in [-0.4, -0.2) is 9.55 Å². The molecule has 5 heteroatoms. The number of benzene rings is 2. The van der Waals surface area contributed by atoms with Gasteiger partial charge in [-0.15, -0.1) is 0 Å². The smallest absolute Gasteiger partial charge is 0.143 e. The highest BCUT2D eigenvalue weighted by Gasteiger charge is 2.14. The third-order valence-corrected chi connectivity index (χ3v) is 3.41. The number of halogens is 2. The van der Waals surface area contributed by atoms with Crippen LogP contribution < -0.4 is 5.73 Å². The molecule has 3 rings (SSSR count). The van der Waals surface area contributed by atoms with Crippen molar-refractivity contribution >= 4 is 28.3 Å². The maximum atomic E-state index is 13.4. The lowest BCUT2D eigenvalue weighted by Gasteiger charge is -2.06. The largest absolute Gasteiger partial charge is 0.398 e. The summed E-state index contributed by atoms with van der Waals surface area (Å²) in [5.74, 6) is 0.252. The van der Waals surface area contributed by atoms with Gasteiger partial charge >= 0.3 is 0 Å². The van der Waals surface area contributed by atoms with Gasteiger partial charge in [-0.25, -0.2) is 9.37 Å². The number of imidazole rings is 1. The van der Waals surface area contributed by atoms with E-state index in [1.807, 2.05) is 23.7 Å². The fourth-order valence-electron chi connectivity index (χ4n) is 2.18. The van der Waals surface area contributed by atoms with E-state index >= 15 is 0 Å². The molecule has 0 radical (unpaired) electrons. The van der Waals surface area contributed by atoms with E-state index in [0.717, 1.165) is 11.0 Å². The lowest BCUT2D eigenvalue weighted by molar-refractivity contribution is 0.628. The van der Waals surface area contributed by atoms with Gasteiger partial charge in [-0.05, 0) is 30.3 Å². The van der Waals surface area contributed by atoms with E-state index in [1.54, 1.807) is 6.07 Å². The molecule has 19 heavy (non-hydrogen) atoms. The number of hydrogen-bond donors (Lipinski definition) is 1. The number of nitrogens with zero attached hydrogens (tertiary/aromatic N) is 2. The van der Waals surface area contributed by atoms with Gasteiger partial charge in [-0.1, -0.05) is 17.7 Å². The fraction of sp³-hybridized carbons (Fsp3) is 0.0714. The highest BCUT2D eigenvalue weighted by atomic mass is 35.5. The van der Waals surface area contributed by atoms with Crippen LogP contribution in [0.3, 0.4) is 0 Å². The van der Waals surface area contributed by atoms with Crippen LogP contribution in [-0.2, 0) is 7.05 Å². The molecule has 96 valence electrons. The number of nitrogen functional groups attached to an aromatic ring is 1. The second-order valence-electron chi connectivity index (χ2n) is 4.33. The SMILES string of the molecule is Cn1c(-c2cc(F)ccc2N)nc2cccc(Cl)c21. The van der Waals surface area contributed by atoms with E-state index in [9.17, 15) is 4.39 Å². The lowest BCUT2D eigenvalue weighted by atomic mass is 10.1. The summed E-state index contributed by atoms with van der Waals surface area (Å²) in [7, 11) is 1.83. The fourth-order valence-corrected chi connectivity index (χ4v) is 2.48. The summed E-state index contributed by atoms with van der Waals surface area (Å²) < 4.78 is 15.2. The average Bonchev–Trinajstić information content (AvgIpc) is 2.71. The van der Waals surface area contributed by atoms with Gasteiger partial charge in [0.1, 0.15) is 11.6 Å². The molecule has 0 fully saturated rings. The van der Waals surface area contributed by atoms with Gasteiger partial charge in [-0.3, -0.25) is 0 Å². The summed E-state index contributed by atoms with van der Waals surface area (Å²) in [6, 6.07) is 9.73. The van der Waals surface area contributed by atoms with Crippen LogP contribution in [0.15, 0.2) is 36.4 Å². The predicted octanol–water partition coefficient (Wildman–Crippen LogP) is 3.62. The summed E-state index contributed by atoms with van der Waals surface area (Å²) in [5.41, 5.74) is 8.51. The standard InChI is InChI=1S/C14H11ClFN3/c1-19-13-10(15)3-2-4-12(13)18-14(19)9-7-8(16)5-6-11(9)17/h2-7H,17H2,1H3. The van der Waals surface area contributed by atoms with Crippen LogP contribution in [0.2, 0.25) is 5.02 Å². The zero-order valence-electron chi connectivity index (χ0n) is 10.2. The molecule has 0 unspecified atom stereocenters. The minimum atomic E-state index is -0.345. The Bertz CT molecular complexity index is 780. The van der Waals surface area contributed by atoms with Crippen molar-refractivity contribution in [2.45, 2.75) is 0 Å². The number of aryl methyl sites for hydroxylation is 1. The van der Waals surface area contributed by atoms with Crippen molar-refractivity contribution in [1.29, 1.82) is 0 Å². The molecule has 0 spiro atoms. The molecule has 3 aromatic rings. The number of fused-ring (bicyclic) bond motifs is 1. The van der Waals surface area contributed by atoms with Crippen molar-refractivity contribution in [2.24, 2.45) is 7.05 Å². The van der Waals surface area contributed by atoms with Crippen LogP contribution in [0, 0.1) is 5.82 Å². The molecule has 0 saturated heterocycles. The van der Waals surface area contributed by atoms with Gasteiger partial charge in [-0.2, -0.15) is 0 Å². The lowest BCUT2D eigenvalue weighted by Crippen LogP contribution is -1.97. The van der Waals surface area contributed by atoms with Crippen molar-refractivity contribution in [2.75, 3.05) is 5.73 Å². The van der Waals surface area contributed by atoms with E-state index < -0.39 is 0 Å². The Hall–Kier alpha value is -2.07. The molecule has 0 aliphatic rings. The molecule has 0 aliphatic carbocycles. The number of hydrogen-bond acceptors (Lipinski definition) is 2. The van der Waals surface area contributed by atoms with Gasteiger partial charge in [0.2, 0.25) is 0 Å². The number of aromatic nitrogens is 2. The first-order chi connectivity index (χ1) is 9.08. The number of nitrogens with two attached hydrogens (primary N) is 1. The molecule has 0 amide bonds. The minimum absolute atomic E-state index is 0.345. The van der Waals surface area contributed by atoms with Crippen LogP contribution in [0.4, 0.5) is 10.1 Å². The number of anilines is 1. The quantitative estimate of drug-likeness (QED) is 0.690. The van der Waals surface area contributed by atoms with Crippen LogP contribution in [0.25, 0.3) is 22.4 Å². The third kappa shape index (κ3) is 1.85. The van der Waals surface area contributed by atoms with E-state index in [0.29, 0.717) is 22.1 Å². The average molecular weight is 276 g/mol. The summed E-state index contributed by atoms with van der Waals surface area (Å²) >= 11 is 6.17. The summed E-state index contributed by atoms with van der Waals surface area (Å²) in [4.78, 5) is 4.48. The Morgan fingerprint density at radius 1 is 1.26 bits per heavy atom. The Balaban J connectivity index is 2.34. The zero-order valence-corrected chi connectivity index (χ0v) is 10.9. The highest BCUT2D eigenvalue weighted by molar-refractivity contribution is 6.35. The minimum Gasteiger partial charge on any atom is -0.398 e. The third-order valence-electron chi connectivity index (χ3n) is 3.10. The Morgan fingerprint density at radius 2 is 2.05 bits per heavy atom. The molecular formula is C14H11ClFN3. The maximum Gasteiger partial charge on any atom is 0.143 e. The van der Waals surface area contributed by atoms with Crippen molar-refractivity contribution in [3.63, 3.8) is 0 Å². The van der Waals surface area contributed by atoms with Gasteiger partial charge in [0, 0.05) is 18.3 Å².